The summed E-state index contributed by atoms with van der Waals surface area (Å²) in [4.78, 5) is 12.5. The Morgan fingerprint density at radius 3 is 2.73 bits per heavy atom. The SMILES string of the molecule is COC1=CC2=CC3=C(C=C(OCc4ccccc4)C(=O)C3O)NC2C=C1. The van der Waals surface area contributed by atoms with E-state index in [1.165, 1.54) is 0 Å². The van der Waals surface area contributed by atoms with E-state index in [2.05, 4.69) is 5.32 Å². The number of dihydropyridines is 1. The summed E-state index contributed by atoms with van der Waals surface area (Å²) in [6.07, 6.45) is 8.03. The van der Waals surface area contributed by atoms with Gasteiger partial charge in [-0.05, 0) is 29.4 Å². The lowest BCUT2D eigenvalue weighted by Crippen LogP contribution is -2.39. The highest BCUT2D eigenvalue weighted by Gasteiger charge is 2.34. The van der Waals surface area contributed by atoms with Gasteiger partial charge >= 0.3 is 0 Å². The first-order valence-corrected chi connectivity index (χ1v) is 8.42. The molecule has 3 aliphatic rings. The van der Waals surface area contributed by atoms with Gasteiger partial charge in [0.1, 0.15) is 18.5 Å². The molecule has 2 aliphatic carbocycles. The number of aliphatic hydroxyl groups excluding tert-OH is 1. The van der Waals surface area contributed by atoms with Crippen LogP contribution >= 0.6 is 0 Å². The molecule has 5 nitrogen and oxygen atoms in total. The molecule has 1 heterocycles. The van der Waals surface area contributed by atoms with Crippen molar-refractivity contribution in [3.05, 3.63) is 94.6 Å². The number of methoxy groups -OCH3 is 1. The average Bonchev–Trinajstić information content (AvgIpc) is 2.69. The zero-order chi connectivity index (χ0) is 18.1. The van der Waals surface area contributed by atoms with Crippen LogP contribution in [0.5, 0.6) is 0 Å². The van der Waals surface area contributed by atoms with Gasteiger partial charge in [-0.3, -0.25) is 4.79 Å². The number of ketones is 1. The van der Waals surface area contributed by atoms with Crippen molar-refractivity contribution < 1.29 is 19.4 Å². The molecule has 0 aromatic heterocycles. The lowest BCUT2D eigenvalue weighted by atomic mass is 9.87. The molecule has 0 fully saturated rings. The molecule has 0 radical (unpaired) electrons. The summed E-state index contributed by atoms with van der Waals surface area (Å²) in [5.74, 6) is 0.467. The van der Waals surface area contributed by atoms with E-state index >= 15 is 0 Å². The van der Waals surface area contributed by atoms with E-state index in [9.17, 15) is 9.90 Å². The second-order valence-electron chi connectivity index (χ2n) is 6.29. The van der Waals surface area contributed by atoms with Crippen LogP contribution in [0.2, 0.25) is 0 Å². The van der Waals surface area contributed by atoms with Crippen molar-refractivity contribution in [2.75, 3.05) is 7.11 Å². The van der Waals surface area contributed by atoms with E-state index < -0.39 is 11.9 Å². The van der Waals surface area contributed by atoms with Crippen LogP contribution in [-0.2, 0) is 20.9 Å². The van der Waals surface area contributed by atoms with Crippen LogP contribution in [0.25, 0.3) is 0 Å². The van der Waals surface area contributed by atoms with Gasteiger partial charge in [-0.1, -0.05) is 36.4 Å². The third-order valence-corrected chi connectivity index (χ3v) is 4.60. The van der Waals surface area contributed by atoms with E-state index in [0.717, 1.165) is 16.9 Å². The summed E-state index contributed by atoms with van der Waals surface area (Å²) in [7, 11) is 1.61. The summed E-state index contributed by atoms with van der Waals surface area (Å²) < 4.78 is 10.9. The molecular formula is C21H19NO4. The van der Waals surface area contributed by atoms with Gasteiger partial charge in [0, 0.05) is 17.3 Å². The van der Waals surface area contributed by atoms with E-state index in [0.29, 0.717) is 11.3 Å². The van der Waals surface area contributed by atoms with E-state index in [4.69, 9.17) is 9.47 Å². The van der Waals surface area contributed by atoms with Crippen molar-refractivity contribution >= 4 is 5.78 Å². The first kappa shape index (κ1) is 16.4. The van der Waals surface area contributed by atoms with Crippen molar-refractivity contribution in [3.8, 4) is 0 Å². The summed E-state index contributed by atoms with van der Waals surface area (Å²) in [5.41, 5.74) is 3.15. The lowest BCUT2D eigenvalue weighted by Gasteiger charge is -2.32. The normalized spacial score (nSPS) is 23.9. The van der Waals surface area contributed by atoms with Gasteiger partial charge in [0.25, 0.3) is 0 Å². The van der Waals surface area contributed by atoms with Crippen LogP contribution in [0, 0.1) is 0 Å². The number of carbonyl (C=O) groups excluding carboxylic acids is 1. The Labute approximate surface area is 151 Å². The molecule has 1 aliphatic heterocycles. The first-order chi connectivity index (χ1) is 12.7. The minimum atomic E-state index is -1.24. The average molecular weight is 349 g/mol. The lowest BCUT2D eigenvalue weighted by molar-refractivity contribution is -0.125. The molecule has 0 amide bonds. The van der Waals surface area contributed by atoms with Gasteiger partial charge in [0.2, 0.25) is 5.78 Å². The van der Waals surface area contributed by atoms with Crippen molar-refractivity contribution in [2.45, 2.75) is 18.8 Å². The number of benzene rings is 1. The minimum absolute atomic E-state index is 0.0281. The first-order valence-electron chi connectivity index (χ1n) is 8.42. The maximum absolute atomic E-state index is 12.5. The molecular weight excluding hydrogens is 330 g/mol. The third-order valence-electron chi connectivity index (χ3n) is 4.60. The fraction of sp³-hybridized carbons (Fsp3) is 0.190. The molecule has 4 rings (SSSR count). The highest BCUT2D eigenvalue weighted by Crippen LogP contribution is 2.31. The van der Waals surface area contributed by atoms with Crippen LogP contribution in [0.15, 0.2) is 89.1 Å². The molecule has 0 spiro atoms. The highest BCUT2D eigenvalue weighted by molar-refractivity contribution is 6.01. The number of rotatable bonds is 4. The van der Waals surface area contributed by atoms with E-state index in [1.807, 2.05) is 54.6 Å². The van der Waals surface area contributed by atoms with Gasteiger partial charge in [0.15, 0.2) is 5.76 Å². The molecule has 2 N–H and O–H groups in total. The molecule has 0 bridgehead atoms. The number of Topliss-reactive ketones (excluding diaryl/α,β-unsaturated/α-hetero) is 1. The van der Waals surface area contributed by atoms with Crippen LogP contribution in [-0.4, -0.2) is 30.1 Å². The number of hydrogen-bond acceptors (Lipinski definition) is 5. The highest BCUT2D eigenvalue weighted by atomic mass is 16.5. The zero-order valence-electron chi connectivity index (χ0n) is 14.3. The number of ether oxygens (including phenoxy) is 2. The quantitative estimate of drug-likeness (QED) is 0.873. The number of aliphatic hydroxyl groups is 1. The summed E-state index contributed by atoms with van der Waals surface area (Å²) in [5, 5.41) is 13.8. The molecule has 1 aromatic rings. The standard InChI is InChI=1S/C21H19NO4/c1-25-15-7-8-17-14(9-15)10-16-18(22-17)11-19(21(24)20(16)23)26-12-13-5-3-2-4-6-13/h2-11,17,20,22-23H,12H2,1H3. The van der Waals surface area contributed by atoms with Crippen molar-refractivity contribution in [1.29, 1.82) is 0 Å². The number of fused-ring (bicyclic) bond motifs is 1. The van der Waals surface area contributed by atoms with E-state index in [1.54, 1.807) is 13.2 Å². The smallest absolute Gasteiger partial charge is 0.230 e. The molecule has 0 saturated heterocycles. The molecule has 132 valence electrons. The van der Waals surface area contributed by atoms with Gasteiger partial charge in [-0.2, -0.15) is 0 Å². The van der Waals surface area contributed by atoms with Crippen molar-refractivity contribution in [2.24, 2.45) is 0 Å². The number of hydrogen-bond donors (Lipinski definition) is 2. The number of carbonyl (C=O) groups is 1. The maximum atomic E-state index is 12.5. The number of allylic oxidation sites excluding steroid dienone is 2. The Kier molecular flexibility index (Phi) is 4.22. The predicted octanol–water partition coefficient (Wildman–Crippen LogP) is 2.28. The van der Waals surface area contributed by atoms with E-state index in [-0.39, 0.29) is 18.4 Å². The minimum Gasteiger partial charge on any atom is -0.497 e. The van der Waals surface area contributed by atoms with Gasteiger partial charge < -0.3 is 19.9 Å². The van der Waals surface area contributed by atoms with Crippen LogP contribution in [0.4, 0.5) is 0 Å². The van der Waals surface area contributed by atoms with Crippen molar-refractivity contribution in [1.82, 2.24) is 5.32 Å². The molecule has 2 unspecified atom stereocenters. The summed E-state index contributed by atoms with van der Waals surface area (Å²) in [6.45, 7) is 0.276. The molecule has 2 atom stereocenters. The summed E-state index contributed by atoms with van der Waals surface area (Å²) >= 11 is 0. The Hall–Kier alpha value is -3.05. The largest absolute Gasteiger partial charge is 0.497 e. The molecule has 0 saturated carbocycles. The zero-order valence-corrected chi connectivity index (χ0v) is 14.3. The molecule has 26 heavy (non-hydrogen) atoms. The van der Waals surface area contributed by atoms with Gasteiger partial charge in [0.05, 0.1) is 13.2 Å². The Bertz CT molecular complexity index is 890. The maximum Gasteiger partial charge on any atom is 0.230 e. The summed E-state index contributed by atoms with van der Waals surface area (Å²) in [6, 6.07) is 9.58. The second-order valence-corrected chi connectivity index (χ2v) is 6.29. The molecule has 1 aromatic carbocycles. The monoisotopic (exact) mass is 349 g/mol. The predicted molar refractivity (Wildman–Crippen MR) is 96.6 cm³/mol. The Morgan fingerprint density at radius 2 is 1.96 bits per heavy atom. The van der Waals surface area contributed by atoms with Crippen LogP contribution in [0.1, 0.15) is 5.56 Å². The van der Waals surface area contributed by atoms with Gasteiger partial charge in [-0.15, -0.1) is 0 Å². The molecule has 5 heteroatoms. The Morgan fingerprint density at radius 1 is 1.15 bits per heavy atom. The van der Waals surface area contributed by atoms with Crippen LogP contribution < -0.4 is 5.32 Å². The second kappa shape index (κ2) is 6.69. The van der Waals surface area contributed by atoms with Crippen LogP contribution in [0.3, 0.4) is 0 Å². The fourth-order valence-electron chi connectivity index (χ4n) is 3.18. The fourth-order valence-corrected chi connectivity index (χ4v) is 3.18. The topological polar surface area (TPSA) is 67.8 Å². The van der Waals surface area contributed by atoms with Crippen molar-refractivity contribution in [3.63, 3.8) is 0 Å². The Balaban J connectivity index is 1.60. The number of nitrogens with one attached hydrogen (secondary N) is 1. The third kappa shape index (κ3) is 2.97. The van der Waals surface area contributed by atoms with Gasteiger partial charge in [-0.25, -0.2) is 0 Å².